The van der Waals surface area contributed by atoms with Gasteiger partial charge in [-0.05, 0) is 57.8 Å². The highest BCUT2D eigenvalue weighted by Gasteiger charge is 2.22. The molecule has 0 aromatic carbocycles. The number of rotatable bonds is 51. The molecule has 0 N–H and O–H groups in total. The predicted octanol–water partition coefficient (Wildman–Crippen LogP) is 14.7. The lowest BCUT2D eigenvalue weighted by atomic mass is 10.0. The van der Waals surface area contributed by atoms with Gasteiger partial charge in [-0.2, -0.15) is 0 Å². The average Bonchev–Trinajstić information content (AvgIpc) is 3.30. The topological polar surface area (TPSA) is 111 Å². The van der Waals surface area contributed by atoms with E-state index in [0.29, 0.717) is 23.9 Å². The molecule has 0 aliphatic carbocycles. The molecule has 0 aliphatic rings. The fourth-order valence-corrected chi connectivity index (χ4v) is 7.74. The smallest absolute Gasteiger partial charge is 0.306 e. The Labute approximate surface area is 418 Å². The fraction of sp³-hybridized carbons (Fsp3) is 0.780. The van der Waals surface area contributed by atoms with Gasteiger partial charge < -0.3 is 33.3 Å². The van der Waals surface area contributed by atoms with Crippen LogP contribution in [0.1, 0.15) is 239 Å². The van der Waals surface area contributed by atoms with E-state index in [0.717, 1.165) is 64.2 Å². The highest BCUT2D eigenvalue weighted by atomic mass is 16.7. The number of carbonyl (C=O) groups excluding carboxylic acids is 3. The Morgan fingerprint density at radius 2 is 0.838 bits per heavy atom. The van der Waals surface area contributed by atoms with Crippen molar-refractivity contribution in [3.63, 3.8) is 0 Å². The van der Waals surface area contributed by atoms with E-state index in [1.165, 1.54) is 141 Å². The molecule has 0 saturated heterocycles. The number of allylic oxidation sites excluding steroid dienone is 10. The van der Waals surface area contributed by atoms with Crippen LogP contribution in [0.3, 0.4) is 0 Å². The van der Waals surface area contributed by atoms with Crippen molar-refractivity contribution in [1.29, 1.82) is 0 Å². The predicted molar refractivity (Wildman–Crippen MR) is 283 cm³/mol. The van der Waals surface area contributed by atoms with Crippen molar-refractivity contribution >= 4 is 17.9 Å². The number of aliphatic carboxylic acids is 1. The molecule has 0 bridgehead atoms. The average molecular weight is 956 g/mol. The number of hydrogen-bond donors (Lipinski definition) is 0. The summed E-state index contributed by atoms with van der Waals surface area (Å²) in [5, 5.41) is 11.7. The number of carboxylic acids is 1. The molecular formula is C59H105NO8. The van der Waals surface area contributed by atoms with Crippen LogP contribution in [0.2, 0.25) is 0 Å². The van der Waals surface area contributed by atoms with Crippen LogP contribution < -0.4 is 5.11 Å². The minimum absolute atomic E-state index is 0.149. The van der Waals surface area contributed by atoms with Crippen LogP contribution in [-0.2, 0) is 33.3 Å². The molecular weight excluding hydrogens is 851 g/mol. The Bertz CT molecular complexity index is 1300. The summed E-state index contributed by atoms with van der Waals surface area (Å²) in [5.74, 6) is -2.28. The molecule has 9 heteroatoms. The van der Waals surface area contributed by atoms with Gasteiger partial charge in [0.25, 0.3) is 0 Å². The number of quaternary nitrogens is 1. The summed E-state index contributed by atoms with van der Waals surface area (Å²) < 4.78 is 22.6. The van der Waals surface area contributed by atoms with Gasteiger partial charge in [0.1, 0.15) is 13.2 Å². The summed E-state index contributed by atoms with van der Waals surface area (Å²) in [6.45, 7) is 4.61. The number of ether oxygens (including phenoxy) is 4. The second-order valence-electron chi connectivity index (χ2n) is 19.9. The maximum absolute atomic E-state index is 12.8. The summed E-state index contributed by atoms with van der Waals surface area (Å²) in [5.41, 5.74) is 0. The van der Waals surface area contributed by atoms with Crippen LogP contribution in [0.4, 0.5) is 0 Å². The number of likely N-dealkylation sites (N-methyl/N-ethyl adjacent to an activating group) is 1. The lowest BCUT2D eigenvalue weighted by Gasteiger charge is -2.26. The van der Waals surface area contributed by atoms with Crippen LogP contribution >= 0.6 is 0 Å². The van der Waals surface area contributed by atoms with E-state index in [1.807, 2.05) is 21.1 Å². The van der Waals surface area contributed by atoms with Gasteiger partial charge in [0.05, 0.1) is 40.3 Å². The van der Waals surface area contributed by atoms with Gasteiger partial charge in [-0.15, -0.1) is 0 Å². The SMILES string of the molecule is CC/C=C\C/C=C\C/C=C\C/C=C\C/C=C\CCCCCCCCCCCCCCCCCCCCCC(=O)OC(COC(=O)CCCCCCCCCC)COC(OCC[N+](C)(C)C)C(=O)[O-]. The van der Waals surface area contributed by atoms with Gasteiger partial charge in [0.15, 0.2) is 12.4 Å². The Hall–Kier alpha value is -3.01. The molecule has 0 aromatic rings. The van der Waals surface area contributed by atoms with E-state index in [2.05, 4.69) is 74.6 Å². The first-order valence-corrected chi connectivity index (χ1v) is 27.9. The lowest BCUT2D eigenvalue weighted by Crippen LogP contribution is -2.44. The van der Waals surface area contributed by atoms with E-state index >= 15 is 0 Å². The van der Waals surface area contributed by atoms with Crippen LogP contribution in [-0.4, -0.2) is 82.3 Å². The first-order valence-electron chi connectivity index (χ1n) is 27.9. The van der Waals surface area contributed by atoms with Crippen LogP contribution in [0.5, 0.6) is 0 Å². The lowest BCUT2D eigenvalue weighted by molar-refractivity contribution is -0.870. The fourth-order valence-electron chi connectivity index (χ4n) is 7.74. The molecule has 2 unspecified atom stereocenters. The minimum Gasteiger partial charge on any atom is -0.545 e. The second kappa shape index (κ2) is 50.4. The molecule has 9 nitrogen and oxygen atoms in total. The molecule has 2 atom stereocenters. The van der Waals surface area contributed by atoms with E-state index < -0.39 is 24.3 Å². The van der Waals surface area contributed by atoms with Crippen molar-refractivity contribution in [3.8, 4) is 0 Å². The van der Waals surface area contributed by atoms with Gasteiger partial charge in [0, 0.05) is 12.8 Å². The van der Waals surface area contributed by atoms with Gasteiger partial charge in [-0.1, -0.05) is 229 Å². The normalized spacial score (nSPS) is 13.2. The van der Waals surface area contributed by atoms with Crippen molar-refractivity contribution in [2.75, 3.05) is 47.5 Å². The van der Waals surface area contributed by atoms with E-state index in [1.54, 1.807) is 0 Å². The Morgan fingerprint density at radius 3 is 1.25 bits per heavy atom. The van der Waals surface area contributed by atoms with Crippen molar-refractivity contribution in [2.24, 2.45) is 0 Å². The van der Waals surface area contributed by atoms with Gasteiger partial charge >= 0.3 is 11.9 Å². The molecule has 0 fully saturated rings. The van der Waals surface area contributed by atoms with Crippen LogP contribution in [0, 0.1) is 0 Å². The van der Waals surface area contributed by atoms with Crippen molar-refractivity contribution < 1.29 is 42.9 Å². The third kappa shape index (κ3) is 50.9. The molecule has 0 rings (SSSR count). The summed E-state index contributed by atoms with van der Waals surface area (Å²) in [4.78, 5) is 37.0. The number of esters is 2. The monoisotopic (exact) mass is 956 g/mol. The first-order chi connectivity index (χ1) is 33.1. The standard InChI is InChI=1S/C59H105NO8/c1-6-8-10-12-14-16-17-18-19-20-21-22-23-24-25-26-27-28-29-30-31-32-33-34-35-36-37-38-39-40-41-42-44-46-48-50-57(62)68-55(54-67-59(58(63)64)65-52-51-60(3,4)5)53-66-56(61)49-47-45-43-15-13-11-9-7-2/h8,10,14,16,18-19,21-22,24-25,55,59H,6-7,9,11-13,15,17,20,23,26-54H2,1-5H3/b10-8-,16-14-,19-18-,22-21-,25-24-. The molecule has 0 aliphatic heterocycles. The number of nitrogens with zero attached hydrogens (tertiary/aromatic N) is 1. The maximum Gasteiger partial charge on any atom is 0.306 e. The third-order valence-electron chi connectivity index (χ3n) is 12.0. The molecule has 0 spiro atoms. The van der Waals surface area contributed by atoms with Gasteiger partial charge in [0.2, 0.25) is 0 Å². The third-order valence-corrected chi connectivity index (χ3v) is 12.0. The Balaban J connectivity index is 3.96. The molecule has 0 aromatic heterocycles. The quantitative estimate of drug-likeness (QED) is 0.0195. The van der Waals surface area contributed by atoms with Crippen LogP contribution in [0.25, 0.3) is 0 Å². The highest BCUT2D eigenvalue weighted by Crippen LogP contribution is 2.16. The van der Waals surface area contributed by atoms with Crippen molar-refractivity contribution in [2.45, 2.75) is 251 Å². The molecule has 394 valence electrons. The number of hydrogen-bond acceptors (Lipinski definition) is 8. The van der Waals surface area contributed by atoms with Crippen molar-refractivity contribution in [3.05, 3.63) is 60.8 Å². The molecule has 68 heavy (non-hydrogen) atoms. The zero-order chi connectivity index (χ0) is 49.9. The van der Waals surface area contributed by atoms with Gasteiger partial charge in [-0.25, -0.2) is 0 Å². The summed E-state index contributed by atoms with van der Waals surface area (Å²) in [6.07, 6.45) is 60.2. The van der Waals surface area contributed by atoms with Crippen molar-refractivity contribution in [1.82, 2.24) is 0 Å². The van der Waals surface area contributed by atoms with Crippen LogP contribution in [0.15, 0.2) is 60.8 Å². The van der Waals surface area contributed by atoms with E-state index in [4.69, 9.17) is 18.9 Å². The number of carbonyl (C=O) groups is 3. The number of carboxylic acid groups (broad SMARTS) is 1. The molecule has 0 radical (unpaired) electrons. The first kappa shape index (κ1) is 65.0. The highest BCUT2D eigenvalue weighted by molar-refractivity contribution is 5.70. The van der Waals surface area contributed by atoms with Gasteiger partial charge in [-0.3, -0.25) is 9.59 Å². The number of unbranched alkanes of at least 4 members (excludes halogenated alkanes) is 26. The van der Waals surface area contributed by atoms with E-state index in [9.17, 15) is 19.5 Å². The molecule has 0 amide bonds. The largest absolute Gasteiger partial charge is 0.545 e. The Morgan fingerprint density at radius 1 is 0.456 bits per heavy atom. The van der Waals surface area contributed by atoms with E-state index in [-0.39, 0.29) is 32.2 Å². The zero-order valence-electron chi connectivity index (χ0n) is 44.7. The summed E-state index contributed by atoms with van der Waals surface area (Å²) in [7, 11) is 5.91. The summed E-state index contributed by atoms with van der Waals surface area (Å²) >= 11 is 0. The maximum atomic E-state index is 12.8. The zero-order valence-corrected chi connectivity index (χ0v) is 44.7. The second-order valence-corrected chi connectivity index (χ2v) is 19.9. The molecule has 0 saturated carbocycles. The minimum atomic E-state index is -1.62. The Kier molecular flexibility index (Phi) is 48.2. The summed E-state index contributed by atoms with van der Waals surface area (Å²) in [6, 6.07) is 0. The molecule has 0 heterocycles.